The molecule has 3 nitrogen and oxygen atoms in total. The molecular weight excluding hydrogens is 223 g/mol. The van der Waals surface area contributed by atoms with Gasteiger partial charge in [0.1, 0.15) is 0 Å². The van der Waals surface area contributed by atoms with Crippen LogP contribution in [0.1, 0.15) is 25.7 Å². The Balaban J connectivity index is 2.20. The zero-order chi connectivity index (χ0) is 12.2. The quantitative estimate of drug-likeness (QED) is 0.783. The molecule has 1 atom stereocenters. The van der Waals surface area contributed by atoms with Crippen molar-refractivity contribution in [2.45, 2.75) is 50.1 Å². The SMILES string of the molecule is CNC1CCC(OCC(O)C(F)(F)F)CC1. The van der Waals surface area contributed by atoms with Gasteiger partial charge in [0.2, 0.25) is 0 Å². The average molecular weight is 241 g/mol. The van der Waals surface area contributed by atoms with Crippen molar-refractivity contribution in [2.75, 3.05) is 13.7 Å². The van der Waals surface area contributed by atoms with Crippen LogP contribution in [0.2, 0.25) is 0 Å². The molecule has 1 rings (SSSR count). The van der Waals surface area contributed by atoms with Crippen LogP contribution in [-0.2, 0) is 4.74 Å². The lowest BCUT2D eigenvalue weighted by Gasteiger charge is -2.29. The van der Waals surface area contributed by atoms with Gasteiger partial charge in [0.05, 0.1) is 12.7 Å². The van der Waals surface area contributed by atoms with E-state index in [1.54, 1.807) is 0 Å². The minimum absolute atomic E-state index is 0.151. The average Bonchev–Trinajstić information content (AvgIpc) is 2.25. The summed E-state index contributed by atoms with van der Waals surface area (Å²) >= 11 is 0. The molecule has 0 aromatic carbocycles. The lowest BCUT2D eigenvalue weighted by atomic mass is 9.93. The highest BCUT2D eigenvalue weighted by atomic mass is 19.4. The number of ether oxygens (including phenoxy) is 1. The third-order valence-corrected chi connectivity index (χ3v) is 2.95. The zero-order valence-electron chi connectivity index (χ0n) is 9.26. The fourth-order valence-corrected chi connectivity index (χ4v) is 1.84. The van der Waals surface area contributed by atoms with E-state index in [1.165, 1.54) is 0 Å². The van der Waals surface area contributed by atoms with E-state index >= 15 is 0 Å². The maximum atomic E-state index is 12.0. The summed E-state index contributed by atoms with van der Waals surface area (Å²) in [6.45, 7) is -0.654. The molecule has 0 radical (unpaired) electrons. The molecule has 1 saturated carbocycles. The van der Waals surface area contributed by atoms with Crippen LogP contribution in [0.25, 0.3) is 0 Å². The van der Waals surface area contributed by atoms with Gasteiger partial charge < -0.3 is 15.2 Å². The molecule has 6 heteroatoms. The van der Waals surface area contributed by atoms with E-state index in [0.29, 0.717) is 6.04 Å². The fraction of sp³-hybridized carbons (Fsp3) is 1.00. The standard InChI is InChI=1S/C10H18F3NO2/c1-14-7-2-4-8(5-3-7)16-6-9(15)10(11,12)13/h7-9,14-15H,2-6H2,1H3. The van der Waals surface area contributed by atoms with Crippen LogP contribution >= 0.6 is 0 Å². The fourth-order valence-electron chi connectivity index (χ4n) is 1.84. The molecule has 0 bridgehead atoms. The Labute approximate surface area is 93.0 Å². The Bertz CT molecular complexity index is 203. The van der Waals surface area contributed by atoms with Gasteiger partial charge in [-0.05, 0) is 32.7 Å². The van der Waals surface area contributed by atoms with E-state index in [1.807, 2.05) is 7.05 Å². The highest BCUT2D eigenvalue weighted by Crippen LogP contribution is 2.24. The Hall–Kier alpha value is -0.330. The number of nitrogens with one attached hydrogen (secondary N) is 1. The summed E-state index contributed by atoms with van der Waals surface area (Å²) in [5, 5.41) is 11.9. The van der Waals surface area contributed by atoms with Crippen molar-refractivity contribution in [3.63, 3.8) is 0 Å². The minimum Gasteiger partial charge on any atom is -0.382 e. The first-order chi connectivity index (χ1) is 7.43. The maximum absolute atomic E-state index is 12.0. The van der Waals surface area contributed by atoms with Crippen molar-refractivity contribution in [3.8, 4) is 0 Å². The summed E-state index contributed by atoms with van der Waals surface area (Å²) in [7, 11) is 1.87. The molecule has 2 N–H and O–H groups in total. The van der Waals surface area contributed by atoms with Crippen molar-refractivity contribution in [1.82, 2.24) is 5.32 Å². The smallest absolute Gasteiger partial charge is 0.382 e. The summed E-state index contributed by atoms with van der Waals surface area (Å²) in [4.78, 5) is 0. The van der Waals surface area contributed by atoms with Gasteiger partial charge in [0, 0.05) is 6.04 Å². The maximum Gasteiger partial charge on any atom is 0.416 e. The normalized spacial score (nSPS) is 29.1. The first kappa shape index (κ1) is 13.7. The number of aliphatic hydroxyl groups excluding tert-OH is 1. The predicted molar refractivity (Wildman–Crippen MR) is 53.1 cm³/mol. The highest BCUT2D eigenvalue weighted by molar-refractivity contribution is 4.77. The van der Waals surface area contributed by atoms with E-state index in [0.717, 1.165) is 25.7 Å². The molecule has 1 aliphatic carbocycles. The monoisotopic (exact) mass is 241 g/mol. The van der Waals surface area contributed by atoms with Gasteiger partial charge in [-0.2, -0.15) is 13.2 Å². The number of alkyl halides is 3. The molecule has 1 unspecified atom stereocenters. The third kappa shape index (κ3) is 4.27. The molecule has 0 heterocycles. The van der Waals surface area contributed by atoms with Crippen molar-refractivity contribution in [2.24, 2.45) is 0 Å². The minimum atomic E-state index is -4.58. The van der Waals surface area contributed by atoms with Gasteiger partial charge in [-0.25, -0.2) is 0 Å². The largest absolute Gasteiger partial charge is 0.416 e. The van der Waals surface area contributed by atoms with Crippen LogP contribution in [-0.4, -0.2) is 43.2 Å². The first-order valence-corrected chi connectivity index (χ1v) is 5.47. The number of halogens is 3. The van der Waals surface area contributed by atoms with Crippen molar-refractivity contribution in [3.05, 3.63) is 0 Å². The van der Waals surface area contributed by atoms with Crippen molar-refractivity contribution in [1.29, 1.82) is 0 Å². The first-order valence-electron chi connectivity index (χ1n) is 5.47. The van der Waals surface area contributed by atoms with Crippen LogP contribution in [0.3, 0.4) is 0 Å². The predicted octanol–water partition coefficient (Wildman–Crippen LogP) is 1.46. The van der Waals surface area contributed by atoms with E-state index in [-0.39, 0.29) is 6.10 Å². The third-order valence-electron chi connectivity index (χ3n) is 2.95. The van der Waals surface area contributed by atoms with Crippen LogP contribution < -0.4 is 5.32 Å². The molecule has 0 aliphatic heterocycles. The lowest BCUT2D eigenvalue weighted by molar-refractivity contribution is -0.222. The highest BCUT2D eigenvalue weighted by Gasteiger charge is 2.38. The molecule has 1 fully saturated rings. The summed E-state index contributed by atoms with van der Waals surface area (Å²) in [5.74, 6) is 0. The Morgan fingerprint density at radius 2 is 1.88 bits per heavy atom. The molecule has 0 spiro atoms. The number of rotatable bonds is 4. The number of hydrogen-bond donors (Lipinski definition) is 2. The zero-order valence-corrected chi connectivity index (χ0v) is 9.26. The summed E-state index contributed by atoms with van der Waals surface area (Å²) in [6.07, 6.45) is -3.79. The van der Waals surface area contributed by atoms with Gasteiger partial charge >= 0.3 is 6.18 Å². The molecule has 0 aromatic rings. The second kappa shape index (κ2) is 5.84. The molecule has 0 amide bonds. The Morgan fingerprint density at radius 1 is 1.31 bits per heavy atom. The number of hydrogen-bond acceptors (Lipinski definition) is 3. The topological polar surface area (TPSA) is 41.5 Å². The molecule has 0 saturated heterocycles. The number of aliphatic hydroxyl groups is 1. The van der Waals surface area contributed by atoms with Gasteiger partial charge in [0.15, 0.2) is 6.10 Å². The van der Waals surface area contributed by atoms with Gasteiger partial charge in [-0.15, -0.1) is 0 Å². The van der Waals surface area contributed by atoms with E-state index in [9.17, 15) is 13.2 Å². The van der Waals surface area contributed by atoms with E-state index < -0.39 is 18.9 Å². The molecular formula is C10H18F3NO2. The van der Waals surface area contributed by atoms with Gasteiger partial charge in [-0.3, -0.25) is 0 Å². The Morgan fingerprint density at radius 3 is 2.31 bits per heavy atom. The van der Waals surface area contributed by atoms with Crippen LogP contribution in [0.4, 0.5) is 13.2 Å². The summed E-state index contributed by atoms with van der Waals surface area (Å²) in [5.41, 5.74) is 0. The summed E-state index contributed by atoms with van der Waals surface area (Å²) < 4.78 is 41.0. The van der Waals surface area contributed by atoms with Crippen LogP contribution in [0.5, 0.6) is 0 Å². The van der Waals surface area contributed by atoms with E-state index in [4.69, 9.17) is 9.84 Å². The molecule has 16 heavy (non-hydrogen) atoms. The van der Waals surface area contributed by atoms with Crippen molar-refractivity contribution >= 4 is 0 Å². The van der Waals surface area contributed by atoms with Gasteiger partial charge in [0.25, 0.3) is 0 Å². The second-order valence-electron chi connectivity index (χ2n) is 4.15. The molecule has 0 aromatic heterocycles. The van der Waals surface area contributed by atoms with E-state index in [2.05, 4.69) is 5.32 Å². The van der Waals surface area contributed by atoms with Crippen LogP contribution in [0.15, 0.2) is 0 Å². The van der Waals surface area contributed by atoms with Gasteiger partial charge in [-0.1, -0.05) is 0 Å². The molecule has 96 valence electrons. The lowest BCUT2D eigenvalue weighted by Crippen LogP contribution is -2.37. The Kier molecular flexibility index (Phi) is 5.01. The summed E-state index contributed by atoms with van der Waals surface area (Å²) in [6, 6.07) is 0.437. The molecule has 1 aliphatic rings. The van der Waals surface area contributed by atoms with Crippen molar-refractivity contribution < 1.29 is 23.0 Å². The second-order valence-corrected chi connectivity index (χ2v) is 4.15. The van der Waals surface area contributed by atoms with Crippen LogP contribution in [0, 0.1) is 0 Å².